The van der Waals surface area contributed by atoms with Crippen LogP contribution in [0.25, 0.3) is 0 Å². The van der Waals surface area contributed by atoms with Gasteiger partial charge in [0.05, 0.1) is 5.56 Å². The second kappa shape index (κ2) is 5.86. The third-order valence-electron chi connectivity index (χ3n) is 2.92. The van der Waals surface area contributed by atoms with E-state index in [2.05, 4.69) is 4.98 Å². The number of rotatable bonds is 4. The summed E-state index contributed by atoms with van der Waals surface area (Å²) < 4.78 is 37.2. The summed E-state index contributed by atoms with van der Waals surface area (Å²) in [7, 11) is 0. The van der Waals surface area contributed by atoms with Gasteiger partial charge in [0.25, 0.3) is 0 Å². The molecule has 1 aromatic heterocycles. The number of halogens is 3. The SMILES string of the molecule is O=C(CCc1ccncc1)c1ccc(C(F)(F)F)cc1. The molecule has 1 aromatic carbocycles. The van der Waals surface area contributed by atoms with E-state index in [1.54, 1.807) is 24.5 Å². The van der Waals surface area contributed by atoms with Gasteiger partial charge >= 0.3 is 6.18 Å². The average molecular weight is 279 g/mol. The highest BCUT2D eigenvalue weighted by molar-refractivity contribution is 5.96. The van der Waals surface area contributed by atoms with Gasteiger partial charge in [-0.15, -0.1) is 0 Å². The zero-order chi connectivity index (χ0) is 14.6. The van der Waals surface area contributed by atoms with Crippen LogP contribution in [0.1, 0.15) is 27.9 Å². The topological polar surface area (TPSA) is 30.0 Å². The van der Waals surface area contributed by atoms with Crippen LogP contribution in [0.5, 0.6) is 0 Å². The number of hydrogen-bond acceptors (Lipinski definition) is 2. The number of ketones is 1. The summed E-state index contributed by atoms with van der Waals surface area (Å²) in [6.45, 7) is 0. The number of aryl methyl sites for hydroxylation is 1. The van der Waals surface area contributed by atoms with Gasteiger partial charge in [-0.3, -0.25) is 9.78 Å². The second-order valence-electron chi connectivity index (χ2n) is 4.35. The molecule has 2 aromatic rings. The lowest BCUT2D eigenvalue weighted by Gasteiger charge is -2.07. The Morgan fingerprint density at radius 3 is 2.15 bits per heavy atom. The van der Waals surface area contributed by atoms with Crippen LogP contribution >= 0.6 is 0 Å². The molecule has 1 heterocycles. The largest absolute Gasteiger partial charge is 0.416 e. The fourth-order valence-corrected chi connectivity index (χ4v) is 1.80. The molecule has 0 fully saturated rings. The minimum absolute atomic E-state index is 0.171. The molecule has 0 unspecified atom stereocenters. The highest BCUT2D eigenvalue weighted by Crippen LogP contribution is 2.29. The van der Waals surface area contributed by atoms with Gasteiger partial charge in [-0.2, -0.15) is 13.2 Å². The Labute approximate surface area is 114 Å². The van der Waals surface area contributed by atoms with Gasteiger partial charge < -0.3 is 0 Å². The van der Waals surface area contributed by atoms with Crippen LogP contribution in [0.3, 0.4) is 0 Å². The molecule has 2 rings (SSSR count). The first-order valence-electron chi connectivity index (χ1n) is 6.06. The summed E-state index contributed by atoms with van der Waals surface area (Å²) in [5.41, 5.74) is 0.524. The summed E-state index contributed by atoms with van der Waals surface area (Å²) in [4.78, 5) is 15.8. The fourth-order valence-electron chi connectivity index (χ4n) is 1.80. The molecule has 0 saturated heterocycles. The van der Waals surface area contributed by atoms with E-state index in [1.807, 2.05) is 0 Å². The molecule has 0 aliphatic rings. The van der Waals surface area contributed by atoms with Crippen molar-refractivity contribution in [2.24, 2.45) is 0 Å². The van der Waals surface area contributed by atoms with Crippen LogP contribution in [-0.4, -0.2) is 10.8 Å². The van der Waals surface area contributed by atoms with E-state index in [0.29, 0.717) is 12.0 Å². The van der Waals surface area contributed by atoms with Gasteiger partial charge in [-0.05, 0) is 36.2 Å². The number of carbonyl (C=O) groups is 1. The molecule has 0 radical (unpaired) electrons. The van der Waals surface area contributed by atoms with E-state index >= 15 is 0 Å². The van der Waals surface area contributed by atoms with Crippen LogP contribution in [0.15, 0.2) is 48.8 Å². The molecule has 20 heavy (non-hydrogen) atoms. The Morgan fingerprint density at radius 2 is 1.60 bits per heavy atom. The summed E-state index contributed by atoms with van der Waals surface area (Å²) in [6, 6.07) is 7.91. The number of alkyl halides is 3. The minimum Gasteiger partial charge on any atom is -0.294 e. The van der Waals surface area contributed by atoms with Gasteiger partial charge in [-0.25, -0.2) is 0 Å². The number of hydrogen-bond donors (Lipinski definition) is 0. The zero-order valence-electron chi connectivity index (χ0n) is 10.5. The van der Waals surface area contributed by atoms with Gasteiger partial charge in [0.1, 0.15) is 0 Å². The lowest BCUT2D eigenvalue weighted by atomic mass is 10.0. The van der Waals surface area contributed by atoms with Gasteiger partial charge in [-0.1, -0.05) is 12.1 Å². The first kappa shape index (κ1) is 14.2. The van der Waals surface area contributed by atoms with Crippen LogP contribution in [0.4, 0.5) is 13.2 Å². The van der Waals surface area contributed by atoms with Crippen molar-refractivity contribution >= 4 is 5.78 Å². The third kappa shape index (κ3) is 3.66. The zero-order valence-corrected chi connectivity index (χ0v) is 10.5. The second-order valence-corrected chi connectivity index (χ2v) is 4.35. The fraction of sp³-hybridized carbons (Fsp3) is 0.200. The van der Waals surface area contributed by atoms with Crippen molar-refractivity contribution in [3.63, 3.8) is 0 Å². The lowest BCUT2D eigenvalue weighted by Crippen LogP contribution is -2.06. The Kier molecular flexibility index (Phi) is 4.17. The Hall–Kier alpha value is -2.17. The molecule has 0 amide bonds. The average Bonchev–Trinajstić information content (AvgIpc) is 2.45. The van der Waals surface area contributed by atoms with Crippen LogP contribution < -0.4 is 0 Å². The standard InChI is InChI=1S/C15H12F3NO/c16-15(17,18)13-4-2-12(3-5-13)14(20)6-1-11-7-9-19-10-8-11/h2-5,7-10H,1,6H2. The maximum atomic E-state index is 12.4. The van der Waals surface area contributed by atoms with E-state index in [0.717, 1.165) is 17.7 Å². The summed E-state index contributed by atoms with van der Waals surface area (Å²) in [6.07, 6.45) is -0.299. The maximum Gasteiger partial charge on any atom is 0.416 e. The van der Waals surface area contributed by atoms with Crippen molar-refractivity contribution < 1.29 is 18.0 Å². The molecule has 0 aliphatic carbocycles. The molecule has 0 aliphatic heterocycles. The first-order valence-corrected chi connectivity index (χ1v) is 6.06. The predicted octanol–water partition coefficient (Wildman–Crippen LogP) is 3.92. The molecule has 0 spiro atoms. The third-order valence-corrected chi connectivity index (χ3v) is 2.92. The number of carbonyl (C=O) groups excluding carboxylic acids is 1. The van der Waals surface area contributed by atoms with Crippen LogP contribution in [0.2, 0.25) is 0 Å². The Bertz CT molecular complexity index is 576. The smallest absolute Gasteiger partial charge is 0.294 e. The molecule has 5 heteroatoms. The molecule has 104 valence electrons. The number of nitrogens with zero attached hydrogens (tertiary/aromatic N) is 1. The highest BCUT2D eigenvalue weighted by atomic mass is 19.4. The van der Waals surface area contributed by atoms with Gasteiger partial charge in [0.15, 0.2) is 5.78 Å². The number of pyridine rings is 1. The van der Waals surface area contributed by atoms with E-state index in [9.17, 15) is 18.0 Å². The van der Waals surface area contributed by atoms with E-state index < -0.39 is 11.7 Å². The van der Waals surface area contributed by atoms with Crippen molar-refractivity contribution in [1.82, 2.24) is 4.98 Å². The molecule has 0 N–H and O–H groups in total. The maximum absolute atomic E-state index is 12.4. The van der Waals surface area contributed by atoms with Crippen molar-refractivity contribution in [3.05, 3.63) is 65.5 Å². The number of benzene rings is 1. The number of aromatic nitrogens is 1. The van der Waals surface area contributed by atoms with Gasteiger partial charge in [0.2, 0.25) is 0 Å². The first-order chi connectivity index (χ1) is 9.47. The Morgan fingerprint density at radius 1 is 1.00 bits per heavy atom. The molecular formula is C15H12F3NO. The molecular weight excluding hydrogens is 267 g/mol. The van der Waals surface area contributed by atoms with E-state index in [4.69, 9.17) is 0 Å². The van der Waals surface area contributed by atoms with Gasteiger partial charge in [0, 0.05) is 24.4 Å². The quantitative estimate of drug-likeness (QED) is 0.794. The van der Waals surface area contributed by atoms with Crippen molar-refractivity contribution in [3.8, 4) is 0 Å². The highest BCUT2D eigenvalue weighted by Gasteiger charge is 2.30. The van der Waals surface area contributed by atoms with Crippen LogP contribution in [-0.2, 0) is 12.6 Å². The summed E-state index contributed by atoms with van der Waals surface area (Å²) in [5.74, 6) is -0.171. The predicted molar refractivity (Wildman–Crippen MR) is 68.3 cm³/mol. The molecule has 2 nitrogen and oxygen atoms in total. The van der Waals surface area contributed by atoms with Crippen molar-refractivity contribution in [2.75, 3.05) is 0 Å². The van der Waals surface area contributed by atoms with E-state index in [1.165, 1.54) is 12.1 Å². The minimum atomic E-state index is -4.38. The van der Waals surface area contributed by atoms with Crippen molar-refractivity contribution in [2.45, 2.75) is 19.0 Å². The molecule has 0 saturated carbocycles. The van der Waals surface area contributed by atoms with Crippen LogP contribution in [0, 0.1) is 0 Å². The summed E-state index contributed by atoms with van der Waals surface area (Å²) >= 11 is 0. The summed E-state index contributed by atoms with van der Waals surface area (Å²) in [5, 5.41) is 0. The molecule has 0 atom stereocenters. The van der Waals surface area contributed by atoms with E-state index in [-0.39, 0.29) is 12.2 Å². The normalized spacial score (nSPS) is 11.3. The molecule has 0 bridgehead atoms. The monoisotopic (exact) mass is 279 g/mol. The Balaban J connectivity index is 1.99. The lowest BCUT2D eigenvalue weighted by molar-refractivity contribution is -0.137. The number of Topliss-reactive ketones (excluding diaryl/α,β-unsaturated/α-hetero) is 1. The van der Waals surface area contributed by atoms with Crippen molar-refractivity contribution in [1.29, 1.82) is 0 Å².